The average molecular weight is 277 g/mol. The highest BCUT2D eigenvalue weighted by Gasteiger charge is 2.08. The van der Waals surface area contributed by atoms with E-state index in [1.54, 1.807) is 0 Å². The zero-order valence-corrected chi connectivity index (χ0v) is 13.9. The molecule has 0 radical (unpaired) electrons. The Labute approximate surface area is 124 Å². The van der Waals surface area contributed by atoms with Crippen molar-refractivity contribution in [3.8, 4) is 0 Å². The van der Waals surface area contributed by atoms with Gasteiger partial charge in [0.2, 0.25) is 0 Å². The zero-order valence-electron chi connectivity index (χ0n) is 13.9. The standard InChI is InChI=1S/C18H31NO/c1-13(2)16(6)20-12-17-7-9-18(10-8-17)15(5)11-19-14(3)4/h7-10,13-16,19H,11-12H2,1-6H3. The Kier molecular flexibility index (Phi) is 7.25. The van der Waals surface area contributed by atoms with Crippen LogP contribution in [0.5, 0.6) is 0 Å². The Hall–Kier alpha value is -0.860. The van der Waals surface area contributed by atoms with Crippen LogP contribution in [0.3, 0.4) is 0 Å². The van der Waals surface area contributed by atoms with E-state index in [-0.39, 0.29) is 0 Å². The molecular weight excluding hydrogens is 246 g/mol. The van der Waals surface area contributed by atoms with E-state index in [9.17, 15) is 0 Å². The van der Waals surface area contributed by atoms with Crippen molar-refractivity contribution in [2.75, 3.05) is 6.54 Å². The second-order valence-corrected chi connectivity index (χ2v) is 6.47. The fourth-order valence-corrected chi connectivity index (χ4v) is 1.89. The molecule has 0 bridgehead atoms. The number of rotatable bonds is 8. The average Bonchev–Trinajstić information content (AvgIpc) is 2.42. The van der Waals surface area contributed by atoms with Gasteiger partial charge in [0.15, 0.2) is 0 Å². The van der Waals surface area contributed by atoms with E-state index in [0.29, 0.717) is 30.6 Å². The van der Waals surface area contributed by atoms with E-state index in [4.69, 9.17) is 4.74 Å². The molecule has 0 spiro atoms. The number of nitrogens with one attached hydrogen (secondary N) is 1. The van der Waals surface area contributed by atoms with Gasteiger partial charge in [0.1, 0.15) is 0 Å². The summed E-state index contributed by atoms with van der Waals surface area (Å²) in [5.41, 5.74) is 2.64. The molecule has 1 N–H and O–H groups in total. The molecule has 2 nitrogen and oxygen atoms in total. The molecule has 0 aliphatic carbocycles. The molecule has 0 aliphatic heterocycles. The molecule has 2 unspecified atom stereocenters. The third-order valence-electron chi connectivity index (χ3n) is 3.83. The minimum atomic E-state index is 0.309. The fraction of sp³-hybridized carbons (Fsp3) is 0.667. The Bertz CT molecular complexity index is 370. The molecule has 0 amide bonds. The van der Waals surface area contributed by atoms with E-state index in [1.807, 2.05) is 0 Å². The number of hydrogen-bond acceptors (Lipinski definition) is 2. The van der Waals surface area contributed by atoms with Gasteiger partial charge in [0.25, 0.3) is 0 Å². The third-order valence-corrected chi connectivity index (χ3v) is 3.83. The van der Waals surface area contributed by atoms with Crippen LogP contribution in [0.25, 0.3) is 0 Å². The lowest BCUT2D eigenvalue weighted by Crippen LogP contribution is -2.26. The number of benzene rings is 1. The van der Waals surface area contributed by atoms with Crippen LogP contribution in [0.2, 0.25) is 0 Å². The summed E-state index contributed by atoms with van der Waals surface area (Å²) in [6.45, 7) is 14.9. The maximum absolute atomic E-state index is 5.86. The van der Waals surface area contributed by atoms with Gasteiger partial charge in [-0.2, -0.15) is 0 Å². The lowest BCUT2D eigenvalue weighted by molar-refractivity contribution is 0.0235. The minimum absolute atomic E-state index is 0.309. The molecule has 1 aromatic carbocycles. The Morgan fingerprint density at radius 2 is 1.55 bits per heavy atom. The van der Waals surface area contributed by atoms with Crippen LogP contribution in [-0.2, 0) is 11.3 Å². The minimum Gasteiger partial charge on any atom is -0.374 e. The quantitative estimate of drug-likeness (QED) is 0.763. The summed E-state index contributed by atoms with van der Waals surface area (Å²) in [6.07, 6.45) is 0.309. The molecule has 1 rings (SSSR count). The summed E-state index contributed by atoms with van der Waals surface area (Å²) in [7, 11) is 0. The highest BCUT2D eigenvalue weighted by molar-refractivity contribution is 5.25. The second kappa shape index (κ2) is 8.43. The fourth-order valence-electron chi connectivity index (χ4n) is 1.89. The molecule has 0 heterocycles. The maximum Gasteiger partial charge on any atom is 0.0720 e. The summed E-state index contributed by atoms with van der Waals surface area (Å²) in [5.74, 6) is 1.11. The first-order valence-corrected chi connectivity index (χ1v) is 7.84. The van der Waals surface area contributed by atoms with E-state index in [1.165, 1.54) is 11.1 Å². The predicted molar refractivity (Wildman–Crippen MR) is 87.1 cm³/mol. The number of ether oxygens (including phenoxy) is 1. The van der Waals surface area contributed by atoms with E-state index >= 15 is 0 Å². The zero-order chi connectivity index (χ0) is 15.1. The summed E-state index contributed by atoms with van der Waals surface area (Å²) in [5, 5.41) is 3.49. The van der Waals surface area contributed by atoms with Gasteiger partial charge in [-0.05, 0) is 29.9 Å². The molecule has 1 aromatic rings. The van der Waals surface area contributed by atoms with E-state index in [2.05, 4.69) is 71.1 Å². The van der Waals surface area contributed by atoms with Gasteiger partial charge in [-0.3, -0.25) is 0 Å². The Morgan fingerprint density at radius 1 is 0.950 bits per heavy atom. The van der Waals surface area contributed by atoms with Crippen molar-refractivity contribution in [2.24, 2.45) is 5.92 Å². The molecule has 0 saturated heterocycles. The first-order valence-electron chi connectivity index (χ1n) is 7.84. The highest BCUT2D eigenvalue weighted by atomic mass is 16.5. The van der Waals surface area contributed by atoms with E-state index < -0.39 is 0 Å². The molecule has 0 fully saturated rings. The lowest BCUT2D eigenvalue weighted by Gasteiger charge is -2.18. The van der Waals surface area contributed by atoms with Crippen molar-refractivity contribution in [2.45, 2.75) is 66.2 Å². The van der Waals surface area contributed by atoms with Crippen LogP contribution < -0.4 is 5.32 Å². The van der Waals surface area contributed by atoms with Crippen LogP contribution >= 0.6 is 0 Å². The van der Waals surface area contributed by atoms with Gasteiger partial charge in [0, 0.05) is 12.6 Å². The molecule has 0 aliphatic rings. The SMILES string of the molecule is CC(C)NCC(C)c1ccc(COC(C)C(C)C)cc1. The normalized spacial score (nSPS) is 14.8. The van der Waals surface area contributed by atoms with Gasteiger partial charge in [-0.15, -0.1) is 0 Å². The smallest absolute Gasteiger partial charge is 0.0720 e. The van der Waals surface area contributed by atoms with Gasteiger partial charge in [0.05, 0.1) is 12.7 Å². The van der Waals surface area contributed by atoms with Crippen LogP contribution in [-0.4, -0.2) is 18.7 Å². The van der Waals surface area contributed by atoms with Crippen molar-refractivity contribution in [1.29, 1.82) is 0 Å². The predicted octanol–water partition coefficient (Wildman–Crippen LogP) is 4.35. The topological polar surface area (TPSA) is 21.3 Å². The number of hydrogen-bond donors (Lipinski definition) is 1. The largest absolute Gasteiger partial charge is 0.374 e. The van der Waals surface area contributed by atoms with Crippen LogP contribution in [0.1, 0.15) is 58.6 Å². The maximum atomic E-state index is 5.86. The summed E-state index contributed by atoms with van der Waals surface area (Å²) < 4.78 is 5.86. The van der Waals surface area contributed by atoms with Crippen molar-refractivity contribution in [3.05, 3.63) is 35.4 Å². The van der Waals surface area contributed by atoms with Crippen molar-refractivity contribution >= 4 is 0 Å². The van der Waals surface area contributed by atoms with Gasteiger partial charge in [-0.1, -0.05) is 58.9 Å². The Morgan fingerprint density at radius 3 is 2.05 bits per heavy atom. The second-order valence-electron chi connectivity index (χ2n) is 6.47. The summed E-state index contributed by atoms with van der Waals surface area (Å²) in [4.78, 5) is 0. The van der Waals surface area contributed by atoms with Gasteiger partial charge in [-0.25, -0.2) is 0 Å². The first kappa shape index (κ1) is 17.2. The lowest BCUT2D eigenvalue weighted by atomic mass is 9.99. The first-order chi connectivity index (χ1) is 9.40. The molecular formula is C18H31NO. The highest BCUT2D eigenvalue weighted by Crippen LogP contribution is 2.16. The molecule has 2 heteroatoms. The molecule has 114 valence electrons. The van der Waals surface area contributed by atoms with E-state index in [0.717, 1.165) is 6.54 Å². The Balaban J connectivity index is 2.47. The van der Waals surface area contributed by atoms with Crippen molar-refractivity contribution < 1.29 is 4.74 Å². The molecule has 0 aromatic heterocycles. The monoisotopic (exact) mass is 277 g/mol. The van der Waals surface area contributed by atoms with Crippen LogP contribution in [0.4, 0.5) is 0 Å². The summed E-state index contributed by atoms with van der Waals surface area (Å²) >= 11 is 0. The van der Waals surface area contributed by atoms with Gasteiger partial charge < -0.3 is 10.1 Å². The molecule has 0 saturated carbocycles. The van der Waals surface area contributed by atoms with Crippen LogP contribution in [0.15, 0.2) is 24.3 Å². The van der Waals surface area contributed by atoms with Crippen LogP contribution in [0, 0.1) is 5.92 Å². The third kappa shape index (κ3) is 6.06. The molecule has 2 atom stereocenters. The van der Waals surface area contributed by atoms with Gasteiger partial charge >= 0.3 is 0 Å². The summed E-state index contributed by atoms with van der Waals surface area (Å²) in [6, 6.07) is 9.38. The van der Waals surface area contributed by atoms with Crippen molar-refractivity contribution in [1.82, 2.24) is 5.32 Å². The molecule has 20 heavy (non-hydrogen) atoms. The van der Waals surface area contributed by atoms with Crippen molar-refractivity contribution in [3.63, 3.8) is 0 Å².